The van der Waals surface area contributed by atoms with Crippen LogP contribution in [-0.4, -0.2) is 65.8 Å². The minimum Gasteiger partial charge on any atom is -0.386 e. The SMILES string of the molecule is CNc1cnn(C(C)C(=O)N2CCN(C)CC2)c1. The molecule has 18 heavy (non-hydrogen) atoms. The van der Waals surface area contributed by atoms with Gasteiger partial charge in [0.15, 0.2) is 0 Å². The zero-order valence-electron chi connectivity index (χ0n) is 11.3. The van der Waals surface area contributed by atoms with E-state index in [1.165, 1.54) is 0 Å². The lowest BCUT2D eigenvalue weighted by Crippen LogP contribution is -2.49. The maximum absolute atomic E-state index is 12.3. The third kappa shape index (κ3) is 2.64. The zero-order chi connectivity index (χ0) is 13.1. The molecule has 1 saturated heterocycles. The normalized spacial score (nSPS) is 18.7. The fourth-order valence-electron chi connectivity index (χ4n) is 2.08. The van der Waals surface area contributed by atoms with Crippen LogP contribution < -0.4 is 5.32 Å². The van der Waals surface area contributed by atoms with Crippen molar-refractivity contribution >= 4 is 11.6 Å². The maximum Gasteiger partial charge on any atom is 0.247 e. The summed E-state index contributed by atoms with van der Waals surface area (Å²) >= 11 is 0. The number of hydrogen-bond donors (Lipinski definition) is 1. The Kier molecular flexibility index (Phi) is 3.86. The summed E-state index contributed by atoms with van der Waals surface area (Å²) in [7, 11) is 3.92. The molecule has 1 atom stereocenters. The summed E-state index contributed by atoms with van der Waals surface area (Å²) in [5.74, 6) is 0.147. The molecule has 1 fully saturated rings. The highest BCUT2D eigenvalue weighted by Gasteiger charge is 2.25. The fraction of sp³-hybridized carbons (Fsp3) is 0.667. The van der Waals surface area contributed by atoms with Crippen molar-refractivity contribution in [1.82, 2.24) is 19.6 Å². The Morgan fingerprint density at radius 3 is 2.61 bits per heavy atom. The molecule has 1 aromatic rings. The van der Waals surface area contributed by atoms with Crippen LogP contribution in [0.1, 0.15) is 13.0 Å². The minimum absolute atomic E-state index is 0.147. The molecule has 100 valence electrons. The summed E-state index contributed by atoms with van der Waals surface area (Å²) in [6.45, 7) is 5.39. The number of hydrogen-bond acceptors (Lipinski definition) is 4. The van der Waals surface area contributed by atoms with Crippen LogP contribution in [0.3, 0.4) is 0 Å². The molecule has 6 heteroatoms. The monoisotopic (exact) mass is 251 g/mol. The van der Waals surface area contributed by atoms with Gasteiger partial charge in [0.25, 0.3) is 0 Å². The zero-order valence-corrected chi connectivity index (χ0v) is 11.3. The molecular weight excluding hydrogens is 230 g/mol. The van der Waals surface area contributed by atoms with Crippen molar-refractivity contribution in [1.29, 1.82) is 0 Å². The van der Waals surface area contributed by atoms with Crippen LogP contribution in [0.5, 0.6) is 0 Å². The van der Waals surface area contributed by atoms with Gasteiger partial charge >= 0.3 is 0 Å². The quantitative estimate of drug-likeness (QED) is 0.837. The van der Waals surface area contributed by atoms with E-state index in [0.29, 0.717) is 0 Å². The molecule has 6 nitrogen and oxygen atoms in total. The van der Waals surface area contributed by atoms with Crippen LogP contribution >= 0.6 is 0 Å². The maximum atomic E-state index is 12.3. The molecule has 1 unspecified atom stereocenters. The standard InChI is InChI=1S/C12H21N5O/c1-10(17-9-11(13-2)8-14-17)12(18)16-6-4-15(3)5-7-16/h8-10,13H,4-7H2,1-3H3. The molecule has 0 bridgehead atoms. The van der Waals surface area contributed by atoms with Gasteiger partial charge in [-0.05, 0) is 14.0 Å². The lowest BCUT2D eigenvalue weighted by molar-refractivity contribution is -0.136. The molecule has 1 N–H and O–H groups in total. The number of amides is 1. The van der Waals surface area contributed by atoms with E-state index in [0.717, 1.165) is 31.9 Å². The number of rotatable bonds is 3. The summed E-state index contributed by atoms with van der Waals surface area (Å²) in [4.78, 5) is 16.5. The number of carbonyl (C=O) groups is 1. The van der Waals surface area contributed by atoms with Crippen molar-refractivity contribution in [3.8, 4) is 0 Å². The Morgan fingerprint density at radius 1 is 1.39 bits per heavy atom. The highest BCUT2D eigenvalue weighted by atomic mass is 16.2. The number of piperazine rings is 1. The molecule has 0 aliphatic carbocycles. The highest BCUT2D eigenvalue weighted by Crippen LogP contribution is 2.14. The van der Waals surface area contributed by atoms with Crippen molar-refractivity contribution in [3.63, 3.8) is 0 Å². The number of nitrogens with one attached hydrogen (secondary N) is 1. The number of nitrogens with zero attached hydrogens (tertiary/aromatic N) is 4. The van der Waals surface area contributed by atoms with Gasteiger partial charge in [-0.25, -0.2) is 0 Å². The summed E-state index contributed by atoms with van der Waals surface area (Å²) < 4.78 is 1.71. The van der Waals surface area contributed by atoms with Gasteiger partial charge in [-0.3, -0.25) is 9.48 Å². The minimum atomic E-state index is -0.240. The van der Waals surface area contributed by atoms with Gasteiger partial charge < -0.3 is 15.1 Å². The fourth-order valence-corrected chi connectivity index (χ4v) is 2.08. The van der Waals surface area contributed by atoms with Gasteiger partial charge in [-0.15, -0.1) is 0 Å². The lowest BCUT2D eigenvalue weighted by atomic mass is 10.2. The second-order valence-corrected chi connectivity index (χ2v) is 4.76. The smallest absolute Gasteiger partial charge is 0.247 e. The second kappa shape index (κ2) is 5.39. The molecule has 1 aliphatic rings. The molecule has 0 aromatic carbocycles. The van der Waals surface area contributed by atoms with Crippen molar-refractivity contribution in [2.45, 2.75) is 13.0 Å². The molecule has 1 aromatic heterocycles. The first-order valence-corrected chi connectivity index (χ1v) is 6.31. The second-order valence-electron chi connectivity index (χ2n) is 4.76. The van der Waals surface area contributed by atoms with Gasteiger partial charge in [-0.1, -0.05) is 0 Å². The highest BCUT2D eigenvalue weighted by molar-refractivity contribution is 5.80. The molecule has 1 amide bonds. The molecule has 2 heterocycles. The molecule has 0 saturated carbocycles. The summed E-state index contributed by atoms with van der Waals surface area (Å²) in [5, 5.41) is 7.23. The van der Waals surface area contributed by atoms with Crippen molar-refractivity contribution in [2.75, 3.05) is 45.6 Å². The summed E-state index contributed by atoms with van der Waals surface area (Å²) in [6, 6.07) is -0.240. The first-order valence-electron chi connectivity index (χ1n) is 6.31. The number of anilines is 1. The molecule has 0 radical (unpaired) electrons. The van der Waals surface area contributed by atoms with Crippen LogP contribution in [0, 0.1) is 0 Å². The predicted molar refractivity (Wildman–Crippen MR) is 70.6 cm³/mol. The van der Waals surface area contributed by atoms with Crippen molar-refractivity contribution in [3.05, 3.63) is 12.4 Å². The van der Waals surface area contributed by atoms with E-state index in [1.54, 1.807) is 10.9 Å². The summed E-state index contributed by atoms with van der Waals surface area (Å²) in [6.07, 6.45) is 3.59. The average Bonchev–Trinajstić information content (AvgIpc) is 2.86. The molecule has 2 rings (SSSR count). The predicted octanol–water partition coefficient (Wildman–Crippen LogP) is 0.260. The van der Waals surface area contributed by atoms with Gasteiger partial charge in [0.1, 0.15) is 6.04 Å². The van der Waals surface area contributed by atoms with Crippen LogP contribution in [0.25, 0.3) is 0 Å². The van der Waals surface area contributed by atoms with E-state index < -0.39 is 0 Å². The first-order chi connectivity index (χ1) is 8.61. The van der Waals surface area contributed by atoms with Crippen LogP contribution in [0.2, 0.25) is 0 Å². The third-order valence-corrected chi connectivity index (χ3v) is 3.46. The van der Waals surface area contributed by atoms with E-state index in [1.807, 2.05) is 25.1 Å². The number of aromatic nitrogens is 2. The van der Waals surface area contributed by atoms with Gasteiger partial charge in [0, 0.05) is 39.4 Å². The van der Waals surface area contributed by atoms with E-state index in [4.69, 9.17) is 0 Å². The number of carbonyl (C=O) groups excluding carboxylic acids is 1. The lowest BCUT2D eigenvalue weighted by Gasteiger charge is -2.33. The largest absolute Gasteiger partial charge is 0.386 e. The molecule has 0 spiro atoms. The van der Waals surface area contributed by atoms with E-state index in [2.05, 4.69) is 22.4 Å². The van der Waals surface area contributed by atoms with Crippen LogP contribution in [0.4, 0.5) is 5.69 Å². The molecular formula is C12H21N5O. The summed E-state index contributed by atoms with van der Waals surface area (Å²) in [5.41, 5.74) is 0.924. The van der Waals surface area contributed by atoms with Gasteiger partial charge in [-0.2, -0.15) is 5.10 Å². The number of likely N-dealkylation sites (N-methyl/N-ethyl adjacent to an activating group) is 1. The third-order valence-electron chi connectivity index (χ3n) is 3.46. The van der Waals surface area contributed by atoms with Crippen molar-refractivity contribution < 1.29 is 4.79 Å². The Bertz CT molecular complexity index is 408. The van der Waals surface area contributed by atoms with Crippen molar-refractivity contribution in [2.24, 2.45) is 0 Å². The van der Waals surface area contributed by atoms with Crippen LogP contribution in [-0.2, 0) is 4.79 Å². The first kappa shape index (κ1) is 12.9. The molecule has 1 aliphatic heterocycles. The van der Waals surface area contributed by atoms with E-state index in [9.17, 15) is 4.79 Å². The topological polar surface area (TPSA) is 53.4 Å². The average molecular weight is 251 g/mol. The Morgan fingerprint density at radius 2 is 2.06 bits per heavy atom. The van der Waals surface area contributed by atoms with Gasteiger partial charge in [0.05, 0.1) is 11.9 Å². The van der Waals surface area contributed by atoms with E-state index in [-0.39, 0.29) is 11.9 Å². The Hall–Kier alpha value is -1.56. The van der Waals surface area contributed by atoms with Gasteiger partial charge in [0.2, 0.25) is 5.91 Å². The van der Waals surface area contributed by atoms with Crippen LogP contribution in [0.15, 0.2) is 12.4 Å². The Labute approximate surface area is 108 Å². The van der Waals surface area contributed by atoms with E-state index >= 15 is 0 Å². The Balaban J connectivity index is 1.99.